The third kappa shape index (κ3) is 3.34. The molecule has 5 heteroatoms. The summed E-state index contributed by atoms with van der Waals surface area (Å²) in [7, 11) is 1.87. The predicted octanol–water partition coefficient (Wildman–Crippen LogP) is 0.717. The number of nitrogens with zero attached hydrogens (tertiary/aromatic N) is 3. The summed E-state index contributed by atoms with van der Waals surface area (Å²) in [6.45, 7) is 1.68. The van der Waals surface area contributed by atoms with Crippen LogP contribution >= 0.6 is 0 Å². The molecule has 1 heterocycles. The molecule has 1 aromatic rings. The van der Waals surface area contributed by atoms with E-state index in [1.807, 2.05) is 18.1 Å². The first-order chi connectivity index (χ1) is 7.63. The Kier molecular flexibility index (Phi) is 3.24. The largest absolute Gasteiger partial charge is 0.480 e. The number of aliphatic carboxylic acids is 1. The van der Waals surface area contributed by atoms with E-state index < -0.39 is 5.97 Å². The Morgan fingerprint density at radius 2 is 2.44 bits per heavy atom. The molecule has 0 saturated heterocycles. The van der Waals surface area contributed by atoms with Gasteiger partial charge in [-0.2, -0.15) is 5.10 Å². The minimum Gasteiger partial charge on any atom is -0.480 e. The second kappa shape index (κ2) is 4.65. The van der Waals surface area contributed by atoms with Crippen LogP contribution in [0.1, 0.15) is 18.4 Å². The summed E-state index contributed by atoms with van der Waals surface area (Å²) in [5.41, 5.74) is 1.07. The average molecular weight is 223 g/mol. The molecule has 0 amide bonds. The Hall–Kier alpha value is -1.36. The van der Waals surface area contributed by atoms with Crippen LogP contribution in [-0.4, -0.2) is 38.8 Å². The highest BCUT2D eigenvalue weighted by Gasteiger charge is 2.25. The molecule has 16 heavy (non-hydrogen) atoms. The van der Waals surface area contributed by atoms with Crippen molar-refractivity contribution in [3.8, 4) is 0 Å². The lowest BCUT2D eigenvalue weighted by atomic mass is 10.3. The smallest absolute Gasteiger partial charge is 0.317 e. The second-order valence-corrected chi connectivity index (χ2v) is 4.53. The predicted molar refractivity (Wildman–Crippen MR) is 58.8 cm³/mol. The van der Waals surface area contributed by atoms with E-state index in [0.717, 1.165) is 12.1 Å². The van der Waals surface area contributed by atoms with Crippen molar-refractivity contribution in [3.63, 3.8) is 0 Å². The van der Waals surface area contributed by atoms with E-state index in [0.29, 0.717) is 12.5 Å². The number of hydrogen-bond acceptors (Lipinski definition) is 3. The van der Waals surface area contributed by atoms with E-state index >= 15 is 0 Å². The lowest BCUT2D eigenvalue weighted by molar-refractivity contribution is -0.138. The molecule has 0 radical (unpaired) electrons. The fraction of sp³-hybridized carbons (Fsp3) is 0.636. The van der Waals surface area contributed by atoms with Gasteiger partial charge in [-0.15, -0.1) is 0 Å². The summed E-state index contributed by atoms with van der Waals surface area (Å²) in [6, 6.07) is 0. The second-order valence-electron chi connectivity index (χ2n) is 4.53. The number of carboxylic acids is 1. The van der Waals surface area contributed by atoms with Gasteiger partial charge in [-0.3, -0.25) is 14.4 Å². The molecule has 1 N–H and O–H groups in total. The van der Waals surface area contributed by atoms with Gasteiger partial charge in [0.15, 0.2) is 0 Å². The van der Waals surface area contributed by atoms with Crippen LogP contribution in [0.4, 0.5) is 0 Å². The Bertz CT molecular complexity index is 371. The molecule has 1 fully saturated rings. The number of carboxylic acid groups (broad SMARTS) is 1. The van der Waals surface area contributed by atoms with Crippen molar-refractivity contribution in [3.05, 3.63) is 18.0 Å². The van der Waals surface area contributed by atoms with Crippen LogP contribution in [0.15, 0.2) is 12.4 Å². The number of aryl methyl sites for hydroxylation is 1. The Morgan fingerprint density at radius 1 is 1.69 bits per heavy atom. The van der Waals surface area contributed by atoms with Gasteiger partial charge in [-0.1, -0.05) is 0 Å². The molecule has 0 bridgehead atoms. The van der Waals surface area contributed by atoms with Crippen molar-refractivity contribution in [2.45, 2.75) is 19.4 Å². The molecule has 0 spiro atoms. The van der Waals surface area contributed by atoms with Gasteiger partial charge >= 0.3 is 5.97 Å². The quantitative estimate of drug-likeness (QED) is 0.772. The summed E-state index contributed by atoms with van der Waals surface area (Å²) in [6.07, 6.45) is 6.20. The molecule has 0 atom stereocenters. The summed E-state index contributed by atoms with van der Waals surface area (Å²) in [5, 5.41) is 12.9. The molecule has 2 rings (SSSR count). The average Bonchev–Trinajstić information content (AvgIpc) is 2.89. The molecule has 1 saturated carbocycles. The van der Waals surface area contributed by atoms with Crippen LogP contribution in [0.3, 0.4) is 0 Å². The third-order valence-corrected chi connectivity index (χ3v) is 2.74. The first-order valence-electron chi connectivity index (χ1n) is 5.55. The molecule has 1 aliphatic rings. The van der Waals surface area contributed by atoms with E-state index in [4.69, 9.17) is 5.11 Å². The molecule has 0 unspecified atom stereocenters. The lowest BCUT2D eigenvalue weighted by Crippen LogP contribution is -2.31. The molecule has 1 aromatic heterocycles. The minimum absolute atomic E-state index is 0.116. The zero-order valence-electron chi connectivity index (χ0n) is 9.46. The van der Waals surface area contributed by atoms with E-state index in [9.17, 15) is 4.79 Å². The maximum Gasteiger partial charge on any atom is 0.317 e. The SMILES string of the molecule is Cn1cc(CN(CC(=O)O)CC2CC2)cn1. The minimum atomic E-state index is -0.760. The zero-order chi connectivity index (χ0) is 11.5. The van der Waals surface area contributed by atoms with Gasteiger partial charge < -0.3 is 5.11 Å². The topological polar surface area (TPSA) is 58.4 Å². The van der Waals surface area contributed by atoms with Crippen LogP contribution < -0.4 is 0 Å². The van der Waals surface area contributed by atoms with Gasteiger partial charge in [-0.05, 0) is 18.8 Å². The van der Waals surface area contributed by atoms with Gasteiger partial charge in [-0.25, -0.2) is 0 Å². The first kappa shape index (κ1) is 11.1. The van der Waals surface area contributed by atoms with Crippen molar-refractivity contribution in [2.75, 3.05) is 13.1 Å². The Labute approximate surface area is 94.7 Å². The molecule has 0 aromatic carbocycles. The number of hydrogen-bond donors (Lipinski definition) is 1. The highest BCUT2D eigenvalue weighted by Crippen LogP contribution is 2.30. The fourth-order valence-electron chi connectivity index (χ4n) is 1.85. The zero-order valence-corrected chi connectivity index (χ0v) is 9.46. The van der Waals surface area contributed by atoms with Crippen LogP contribution in [0.5, 0.6) is 0 Å². The van der Waals surface area contributed by atoms with Crippen molar-refractivity contribution < 1.29 is 9.90 Å². The maximum atomic E-state index is 10.7. The molecular formula is C11H17N3O2. The monoisotopic (exact) mass is 223 g/mol. The normalized spacial score (nSPS) is 15.6. The fourth-order valence-corrected chi connectivity index (χ4v) is 1.85. The Balaban J connectivity index is 1.91. The molecular weight excluding hydrogens is 206 g/mol. The van der Waals surface area contributed by atoms with Crippen molar-refractivity contribution in [1.82, 2.24) is 14.7 Å². The van der Waals surface area contributed by atoms with E-state index in [-0.39, 0.29) is 6.54 Å². The summed E-state index contributed by atoms with van der Waals surface area (Å²) in [4.78, 5) is 12.7. The standard InChI is InChI=1S/C11H17N3O2/c1-13-5-10(4-12-13)7-14(8-11(15)16)6-9-2-3-9/h4-5,9H,2-3,6-8H2,1H3,(H,15,16). The summed E-state index contributed by atoms with van der Waals surface area (Å²) >= 11 is 0. The lowest BCUT2D eigenvalue weighted by Gasteiger charge is -2.18. The molecule has 88 valence electrons. The van der Waals surface area contributed by atoms with Crippen molar-refractivity contribution in [2.24, 2.45) is 13.0 Å². The van der Waals surface area contributed by atoms with Crippen molar-refractivity contribution in [1.29, 1.82) is 0 Å². The summed E-state index contributed by atoms with van der Waals surface area (Å²) < 4.78 is 1.74. The first-order valence-corrected chi connectivity index (χ1v) is 5.55. The summed E-state index contributed by atoms with van der Waals surface area (Å²) in [5.74, 6) is -0.0550. The van der Waals surface area contributed by atoms with Crippen molar-refractivity contribution >= 4 is 5.97 Å². The van der Waals surface area contributed by atoms with Crippen LogP contribution in [0, 0.1) is 5.92 Å². The Morgan fingerprint density at radius 3 is 2.94 bits per heavy atom. The van der Waals surface area contributed by atoms with Crippen LogP contribution in [-0.2, 0) is 18.4 Å². The highest BCUT2D eigenvalue weighted by molar-refractivity contribution is 5.69. The van der Waals surface area contributed by atoms with Gasteiger partial charge in [0, 0.05) is 31.9 Å². The molecule has 0 aliphatic heterocycles. The van der Waals surface area contributed by atoms with Gasteiger partial charge in [0.25, 0.3) is 0 Å². The third-order valence-electron chi connectivity index (χ3n) is 2.74. The van der Waals surface area contributed by atoms with Gasteiger partial charge in [0.2, 0.25) is 0 Å². The maximum absolute atomic E-state index is 10.7. The molecule has 1 aliphatic carbocycles. The van der Waals surface area contributed by atoms with Crippen LogP contribution in [0.25, 0.3) is 0 Å². The van der Waals surface area contributed by atoms with Gasteiger partial charge in [0.1, 0.15) is 0 Å². The molecule has 5 nitrogen and oxygen atoms in total. The number of rotatable bonds is 6. The van der Waals surface area contributed by atoms with Gasteiger partial charge in [0.05, 0.1) is 12.7 Å². The number of carbonyl (C=O) groups is 1. The van der Waals surface area contributed by atoms with Crippen LogP contribution in [0.2, 0.25) is 0 Å². The van der Waals surface area contributed by atoms with E-state index in [2.05, 4.69) is 5.10 Å². The highest BCUT2D eigenvalue weighted by atomic mass is 16.4. The van der Waals surface area contributed by atoms with E-state index in [1.54, 1.807) is 10.9 Å². The number of aromatic nitrogens is 2. The van der Waals surface area contributed by atoms with E-state index in [1.165, 1.54) is 12.8 Å².